The summed E-state index contributed by atoms with van der Waals surface area (Å²) in [5.74, 6) is 0.666. The zero-order valence-corrected chi connectivity index (χ0v) is 15.8. The second kappa shape index (κ2) is 6.59. The summed E-state index contributed by atoms with van der Waals surface area (Å²) in [7, 11) is 0. The molecule has 3 heterocycles. The monoisotopic (exact) mass is 394 g/mol. The van der Waals surface area contributed by atoms with Crippen LogP contribution in [0.3, 0.4) is 0 Å². The van der Waals surface area contributed by atoms with Crippen LogP contribution >= 0.6 is 0 Å². The van der Waals surface area contributed by atoms with Gasteiger partial charge in [0.2, 0.25) is 5.96 Å². The molecule has 11 heteroatoms. The summed E-state index contributed by atoms with van der Waals surface area (Å²) in [5.41, 5.74) is 3.43. The summed E-state index contributed by atoms with van der Waals surface area (Å²) in [6.45, 7) is 6.78. The Morgan fingerprint density at radius 1 is 1.21 bits per heavy atom. The van der Waals surface area contributed by atoms with Crippen LogP contribution in [0.4, 0.5) is 18.9 Å². The summed E-state index contributed by atoms with van der Waals surface area (Å²) in [6.07, 6.45) is 1.25. The van der Waals surface area contributed by atoms with Crippen LogP contribution in [0.1, 0.15) is 32.3 Å². The predicted octanol–water partition coefficient (Wildman–Crippen LogP) is 2.26. The normalized spacial score (nSPS) is 20.3. The first-order valence-electron chi connectivity index (χ1n) is 8.45. The van der Waals surface area contributed by atoms with Crippen molar-refractivity contribution in [3.63, 3.8) is 0 Å². The lowest BCUT2D eigenvalue weighted by atomic mass is 10.0. The van der Waals surface area contributed by atoms with Crippen LogP contribution in [0, 0.1) is 6.92 Å². The fourth-order valence-electron chi connectivity index (χ4n) is 2.76. The average molecular weight is 394 g/mol. The van der Waals surface area contributed by atoms with Crippen molar-refractivity contribution in [3.05, 3.63) is 47.9 Å². The predicted molar refractivity (Wildman–Crippen MR) is 98.3 cm³/mol. The lowest BCUT2D eigenvalue weighted by Gasteiger charge is -2.30. The van der Waals surface area contributed by atoms with Gasteiger partial charge in [-0.3, -0.25) is 4.68 Å². The van der Waals surface area contributed by atoms with Crippen LogP contribution in [0.15, 0.2) is 41.4 Å². The molecule has 150 valence electrons. The molecule has 2 aromatic heterocycles. The van der Waals surface area contributed by atoms with Crippen molar-refractivity contribution >= 4 is 11.6 Å². The largest absolute Gasteiger partial charge is 0.417 e. The molecule has 0 bridgehead atoms. The summed E-state index contributed by atoms with van der Waals surface area (Å²) in [5, 5.41) is 9.92. The Labute approximate surface area is 159 Å². The highest BCUT2D eigenvalue weighted by atomic mass is 19.4. The number of hydrogen-bond acceptors (Lipinski definition) is 7. The molecule has 0 aromatic carbocycles. The number of hydrogen-bond donors (Lipinski definition) is 3. The Bertz CT molecular complexity index is 926. The van der Waals surface area contributed by atoms with Gasteiger partial charge in [0.25, 0.3) is 0 Å². The highest BCUT2D eigenvalue weighted by Gasteiger charge is 2.45. The number of rotatable bonds is 3. The van der Waals surface area contributed by atoms with Gasteiger partial charge in [0.15, 0.2) is 5.82 Å². The Hall–Kier alpha value is -2.95. The van der Waals surface area contributed by atoms with Gasteiger partial charge in [-0.25, -0.2) is 15.0 Å². The van der Waals surface area contributed by atoms with E-state index in [1.54, 1.807) is 36.3 Å². The van der Waals surface area contributed by atoms with Crippen molar-refractivity contribution in [2.24, 2.45) is 10.7 Å². The maximum absolute atomic E-state index is 13.0. The summed E-state index contributed by atoms with van der Waals surface area (Å²) in [6, 6.07) is 1.72. The minimum Gasteiger partial charge on any atom is -0.332 e. The zero-order chi connectivity index (χ0) is 20.7. The van der Waals surface area contributed by atoms with Gasteiger partial charge in [0, 0.05) is 24.8 Å². The molecular weight excluding hydrogens is 373 g/mol. The third kappa shape index (κ3) is 3.70. The van der Waals surface area contributed by atoms with Gasteiger partial charge in [-0.1, -0.05) is 0 Å². The number of alkyl halides is 3. The van der Waals surface area contributed by atoms with Crippen LogP contribution in [0.25, 0.3) is 0 Å². The summed E-state index contributed by atoms with van der Waals surface area (Å²) < 4.78 is 40.8. The molecule has 0 fully saturated rings. The standard InChI is InChI=1S/C17H21F3N8/c1-10-11(9-28(27-10)15(2,3)13-22-6-5-7-23-13)25-14-24-8-12(17(18,19)20)16(4,21)26-14/h5-9H,21H2,1-4H3,(H2,24,25,26). The van der Waals surface area contributed by atoms with Crippen LogP contribution in [0.5, 0.6) is 0 Å². The lowest BCUT2D eigenvalue weighted by Crippen LogP contribution is -2.49. The molecule has 1 unspecified atom stereocenters. The molecule has 0 radical (unpaired) electrons. The Morgan fingerprint density at radius 3 is 2.43 bits per heavy atom. The number of nitrogens with two attached hydrogens (primary N) is 1. The number of aromatic nitrogens is 4. The van der Waals surface area contributed by atoms with E-state index < -0.39 is 23.0 Å². The molecule has 1 aliphatic heterocycles. The number of nitrogens with zero attached hydrogens (tertiary/aromatic N) is 5. The maximum atomic E-state index is 13.0. The van der Waals surface area contributed by atoms with Crippen molar-refractivity contribution in [2.75, 3.05) is 5.32 Å². The average Bonchev–Trinajstić information content (AvgIpc) is 2.95. The van der Waals surface area contributed by atoms with E-state index in [0.717, 1.165) is 6.20 Å². The number of nitrogens with one attached hydrogen (secondary N) is 2. The highest BCUT2D eigenvalue weighted by molar-refractivity contribution is 5.95. The van der Waals surface area contributed by atoms with Gasteiger partial charge in [-0.15, -0.1) is 0 Å². The van der Waals surface area contributed by atoms with Gasteiger partial charge in [0.05, 0.1) is 17.0 Å². The Morgan fingerprint density at radius 2 is 1.86 bits per heavy atom. The van der Waals surface area contributed by atoms with Crippen molar-refractivity contribution in [2.45, 2.75) is 45.1 Å². The van der Waals surface area contributed by atoms with E-state index in [4.69, 9.17) is 5.73 Å². The molecule has 8 nitrogen and oxygen atoms in total. The zero-order valence-electron chi connectivity index (χ0n) is 15.8. The van der Waals surface area contributed by atoms with Crippen LogP contribution in [-0.2, 0) is 5.54 Å². The molecule has 3 rings (SSSR count). The number of anilines is 1. The van der Waals surface area contributed by atoms with Crippen LogP contribution < -0.4 is 16.4 Å². The maximum Gasteiger partial charge on any atom is 0.417 e. The Kier molecular flexibility index (Phi) is 4.66. The van der Waals surface area contributed by atoms with Gasteiger partial charge >= 0.3 is 6.18 Å². The summed E-state index contributed by atoms with van der Waals surface area (Å²) in [4.78, 5) is 12.5. The molecule has 0 aliphatic carbocycles. The van der Waals surface area contributed by atoms with E-state index in [1.165, 1.54) is 6.92 Å². The molecule has 0 saturated carbocycles. The van der Waals surface area contributed by atoms with Gasteiger partial charge in [0.1, 0.15) is 11.2 Å². The van der Waals surface area contributed by atoms with Crippen molar-refractivity contribution in [3.8, 4) is 0 Å². The van der Waals surface area contributed by atoms with Gasteiger partial charge in [-0.2, -0.15) is 18.3 Å². The van der Waals surface area contributed by atoms with E-state index in [2.05, 4.69) is 30.7 Å². The number of aliphatic imine (C=N–C) groups is 1. The van der Waals surface area contributed by atoms with Gasteiger partial charge < -0.3 is 16.4 Å². The molecule has 4 N–H and O–H groups in total. The SMILES string of the molecule is Cc1nn(C(C)(C)c2ncccn2)cc1NC1=NC(C)(N)C(C(F)(F)F)=CN1. The first-order chi connectivity index (χ1) is 12.9. The van der Waals surface area contributed by atoms with E-state index in [9.17, 15) is 13.2 Å². The van der Waals surface area contributed by atoms with E-state index in [0.29, 0.717) is 17.2 Å². The van der Waals surface area contributed by atoms with Crippen molar-refractivity contribution < 1.29 is 13.2 Å². The molecule has 0 saturated heterocycles. The minimum atomic E-state index is -4.58. The second-order valence-corrected chi connectivity index (χ2v) is 7.14. The molecule has 2 aromatic rings. The van der Waals surface area contributed by atoms with E-state index in [1.807, 2.05) is 13.8 Å². The number of halogens is 3. The minimum absolute atomic E-state index is 0.0921. The third-order valence-electron chi connectivity index (χ3n) is 4.39. The van der Waals surface area contributed by atoms with Crippen LogP contribution in [-0.4, -0.2) is 37.5 Å². The molecule has 1 aliphatic rings. The van der Waals surface area contributed by atoms with Crippen molar-refractivity contribution in [1.82, 2.24) is 25.1 Å². The smallest absolute Gasteiger partial charge is 0.332 e. The first kappa shape index (κ1) is 19.8. The Balaban J connectivity index is 1.85. The number of guanidine groups is 1. The molecule has 1 atom stereocenters. The molecule has 28 heavy (non-hydrogen) atoms. The summed E-state index contributed by atoms with van der Waals surface area (Å²) >= 11 is 0. The van der Waals surface area contributed by atoms with Crippen molar-refractivity contribution in [1.29, 1.82) is 0 Å². The number of aryl methyl sites for hydroxylation is 1. The first-order valence-corrected chi connectivity index (χ1v) is 8.45. The lowest BCUT2D eigenvalue weighted by molar-refractivity contribution is -0.100. The fourth-order valence-corrected chi connectivity index (χ4v) is 2.76. The van der Waals surface area contributed by atoms with Crippen LogP contribution in [0.2, 0.25) is 0 Å². The van der Waals surface area contributed by atoms with E-state index >= 15 is 0 Å². The fraction of sp³-hybridized carbons (Fsp3) is 0.412. The molecule has 0 amide bonds. The van der Waals surface area contributed by atoms with E-state index in [-0.39, 0.29) is 5.96 Å². The second-order valence-electron chi connectivity index (χ2n) is 7.14. The quantitative estimate of drug-likeness (QED) is 0.737. The van der Waals surface area contributed by atoms with Gasteiger partial charge in [-0.05, 0) is 33.8 Å². The molecular formula is C17H21F3N8. The highest BCUT2D eigenvalue weighted by Crippen LogP contribution is 2.34. The topological polar surface area (TPSA) is 106 Å². The molecule has 0 spiro atoms. The third-order valence-corrected chi connectivity index (χ3v) is 4.39.